The summed E-state index contributed by atoms with van der Waals surface area (Å²) in [5.74, 6) is 1.81. The molecular formula is C20H17FN6O. The van der Waals surface area contributed by atoms with E-state index in [1.165, 1.54) is 6.07 Å². The van der Waals surface area contributed by atoms with Gasteiger partial charge in [-0.3, -0.25) is 4.40 Å². The van der Waals surface area contributed by atoms with Gasteiger partial charge in [-0.2, -0.15) is 0 Å². The second-order valence-electron chi connectivity index (χ2n) is 6.62. The van der Waals surface area contributed by atoms with Gasteiger partial charge in [0.1, 0.15) is 23.7 Å². The molecule has 1 aliphatic rings. The summed E-state index contributed by atoms with van der Waals surface area (Å²) in [7, 11) is 0. The smallest absolute Gasteiger partial charge is 0.208 e. The number of hydrogen-bond acceptors (Lipinski definition) is 6. The zero-order valence-corrected chi connectivity index (χ0v) is 15.2. The van der Waals surface area contributed by atoms with E-state index >= 15 is 0 Å². The van der Waals surface area contributed by atoms with Crippen molar-refractivity contribution in [3.05, 3.63) is 66.0 Å². The lowest BCUT2D eigenvalue weighted by Crippen LogP contribution is -2.09. The Morgan fingerprint density at radius 1 is 1.14 bits per heavy atom. The number of rotatable bonds is 4. The van der Waals surface area contributed by atoms with E-state index in [0.717, 1.165) is 28.0 Å². The zero-order valence-electron chi connectivity index (χ0n) is 15.2. The van der Waals surface area contributed by atoms with Crippen LogP contribution in [-0.4, -0.2) is 30.9 Å². The van der Waals surface area contributed by atoms with Crippen molar-refractivity contribution in [1.82, 2.24) is 24.3 Å². The van der Waals surface area contributed by atoms with E-state index in [-0.39, 0.29) is 5.82 Å². The van der Waals surface area contributed by atoms with E-state index < -0.39 is 0 Å². The summed E-state index contributed by atoms with van der Waals surface area (Å²) >= 11 is 0. The van der Waals surface area contributed by atoms with Gasteiger partial charge in [-0.05, 0) is 19.1 Å². The van der Waals surface area contributed by atoms with Crippen LogP contribution in [0.25, 0.3) is 16.6 Å². The molecule has 3 aromatic heterocycles. The van der Waals surface area contributed by atoms with E-state index in [4.69, 9.17) is 4.74 Å². The number of nitrogens with zero attached hydrogens (tertiary/aromatic N) is 5. The summed E-state index contributed by atoms with van der Waals surface area (Å²) in [5, 5.41) is 3.23. The highest BCUT2D eigenvalue weighted by Gasteiger charge is 2.20. The van der Waals surface area contributed by atoms with Crippen molar-refractivity contribution in [3.8, 4) is 16.9 Å². The molecule has 1 N–H and O–H groups in total. The van der Waals surface area contributed by atoms with Gasteiger partial charge in [-0.15, -0.1) is 0 Å². The van der Waals surface area contributed by atoms with Crippen molar-refractivity contribution < 1.29 is 9.13 Å². The Hall–Kier alpha value is -3.55. The average Bonchev–Trinajstić information content (AvgIpc) is 3.37. The van der Waals surface area contributed by atoms with Crippen LogP contribution in [-0.2, 0) is 13.0 Å². The number of anilines is 1. The molecule has 0 unspecified atom stereocenters. The van der Waals surface area contributed by atoms with Crippen LogP contribution in [0.2, 0.25) is 0 Å². The first-order chi connectivity index (χ1) is 13.7. The fourth-order valence-corrected chi connectivity index (χ4v) is 3.48. The van der Waals surface area contributed by atoms with Gasteiger partial charge in [0.05, 0.1) is 18.3 Å². The third kappa shape index (κ3) is 2.74. The van der Waals surface area contributed by atoms with Crippen LogP contribution in [0.15, 0.2) is 43.2 Å². The van der Waals surface area contributed by atoms with Gasteiger partial charge < -0.3 is 10.1 Å². The molecule has 1 aromatic carbocycles. The maximum Gasteiger partial charge on any atom is 0.208 e. The highest BCUT2D eigenvalue weighted by molar-refractivity contribution is 5.79. The molecule has 7 nitrogen and oxygen atoms in total. The molecule has 0 fully saturated rings. The molecule has 28 heavy (non-hydrogen) atoms. The summed E-state index contributed by atoms with van der Waals surface area (Å²) in [6.45, 7) is 2.74. The number of nitrogens with one attached hydrogen (secondary N) is 1. The molecule has 5 rings (SSSR count). The third-order valence-electron chi connectivity index (χ3n) is 4.91. The predicted octanol–water partition coefficient (Wildman–Crippen LogP) is 3.18. The van der Waals surface area contributed by atoms with Crippen LogP contribution in [0, 0.1) is 12.7 Å². The highest BCUT2D eigenvalue weighted by Crippen LogP contribution is 2.31. The molecule has 0 aliphatic carbocycles. The maximum atomic E-state index is 14.4. The average molecular weight is 376 g/mol. The van der Waals surface area contributed by atoms with Crippen LogP contribution in [0.3, 0.4) is 0 Å². The largest absolute Gasteiger partial charge is 0.493 e. The van der Waals surface area contributed by atoms with Gasteiger partial charge in [-0.1, -0.05) is 0 Å². The maximum absolute atomic E-state index is 14.4. The SMILES string of the molecule is Cc1ncc(-c2cnc(NCc3c(F)ccc4c3CCO4)n3cncc23)cn1. The minimum atomic E-state index is -0.243. The molecule has 1 aliphatic heterocycles. The zero-order chi connectivity index (χ0) is 19.1. The third-order valence-corrected chi connectivity index (χ3v) is 4.91. The minimum absolute atomic E-state index is 0.243. The lowest BCUT2D eigenvalue weighted by molar-refractivity contribution is 0.356. The molecule has 0 saturated carbocycles. The van der Waals surface area contributed by atoms with Crippen LogP contribution in [0.4, 0.5) is 10.3 Å². The second-order valence-corrected chi connectivity index (χ2v) is 6.62. The molecule has 4 heterocycles. The standard InChI is InChI=1S/C20H17FN6O/c1-12-23-6-13(7-24-12)15-8-25-20(27-11-22-10-18(15)27)26-9-16-14-4-5-28-19(14)3-2-17(16)21/h2-3,6-8,10-11H,4-5,9H2,1H3,(H,25,26). The highest BCUT2D eigenvalue weighted by atomic mass is 19.1. The summed E-state index contributed by atoms with van der Waals surface area (Å²) in [6, 6.07) is 3.13. The molecule has 140 valence electrons. The first-order valence-corrected chi connectivity index (χ1v) is 8.98. The van der Waals surface area contributed by atoms with Crippen LogP contribution >= 0.6 is 0 Å². The van der Waals surface area contributed by atoms with Crippen molar-refractivity contribution >= 4 is 11.5 Å². The molecule has 0 bridgehead atoms. The Morgan fingerprint density at radius 2 is 2.00 bits per heavy atom. The summed E-state index contributed by atoms with van der Waals surface area (Å²) in [6.07, 6.45) is 9.44. The van der Waals surface area contributed by atoms with Gasteiger partial charge in [-0.25, -0.2) is 24.3 Å². The Bertz CT molecular complexity index is 1170. The molecule has 8 heteroatoms. The number of fused-ring (bicyclic) bond motifs is 2. The fourth-order valence-electron chi connectivity index (χ4n) is 3.48. The predicted molar refractivity (Wildman–Crippen MR) is 102 cm³/mol. The molecule has 0 radical (unpaired) electrons. The van der Waals surface area contributed by atoms with Gasteiger partial charge in [0.25, 0.3) is 0 Å². The Labute approximate surface area is 160 Å². The van der Waals surface area contributed by atoms with Crippen LogP contribution in [0.5, 0.6) is 5.75 Å². The van der Waals surface area contributed by atoms with Gasteiger partial charge >= 0.3 is 0 Å². The quantitative estimate of drug-likeness (QED) is 0.589. The van der Waals surface area contributed by atoms with Crippen molar-refractivity contribution in [3.63, 3.8) is 0 Å². The Morgan fingerprint density at radius 3 is 2.86 bits per heavy atom. The van der Waals surface area contributed by atoms with E-state index in [9.17, 15) is 4.39 Å². The van der Waals surface area contributed by atoms with Gasteiger partial charge in [0.15, 0.2) is 0 Å². The van der Waals surface area contributed by atoms with Crippen LogP contribution < -0.4 is 10.1 Å². The minimum Gasteiger partial charge on any atom is -0.493 e. The summed E-state index contributed by atoms with van der Waals surface area (Å²) in [4.78, 5) is 17.3. The summed E-state index contributed by atoms with van der Waals surface area (Å²) in [5.41, 5.74) is 4.14. The first-order valence-electron chi connectivity index (χ1n) is 8.98. The fraction of sp³-hybridized carbons (Fsp3) is 0.200. The monoisotopic (exact) mass is 376 g/mol. The number of ether oxygens (including phenoxy) is 1. The number of halogens is 1. The molecular weight excluding hydrogens is 359 g/mol. The molecule has 4 aromatic rings. The number of benzene rings is 1. The lowest BCUT2D eigenvalue weighted by Gasteiger charge is -2.13. The number of aryl methyl sites for hydroxylation is 1. The Kier molecular flexibility index (Phi) is 3.89. The number of hydrogen-bond donors (Lipinski definition) is 1. The lowest BCUT2D eigenvalue weighted by atomic mass is 10.0. The van der Waals surface area contributed by atoms with Crippen molar-refractivity contribution in [2.75, 3.05) is 11.9 Å². The van der Waals surface area contributed by atoms with Crippen molar-refractivity contribution in [2.45, 2.75) is 19.9 Å². The van der Waals surface area contributed by atoms with Gasteiger partial charge in [0, 0.05) is 53.8 Å². The second kappa shape index (κ2) is 6.56. The van der Waals surface area contributed by atoms with E-state index in [1.54, 1.807) is 37.2 Å². The number of imidazole rings is 1. The van der Waals surface area contributed by atoms with Crippen LogP contribution in [0.1, 0.15) is 17.0 Å². The molecule has 0 saturated heterocycles. The molecule has 0 amide bonds. The van der Waals surface area contributed by atoms with E-state index in [1.807, 2.05) is 11.3 Å². The molecule has 0 atom stereocenters. The normalized spacial score (nSPS) is 12.8. The van der Waals surface area contributed by atoms with E-state index in [2.05, 4.69) is 25.3 Å². The van der Waals surface area contributed by atoms with E-state index in [0.29, 0.717) is 36.9 Å². The summed E-state index contributed by atoms with van der Waals surface area (Å²) < 4.78 is 21.8. The van der Waals surface area contributed by atoms with Crippen molar-refractivity contribution in [2.24, 2.45) is 0 Å². The van der Waals surface area contributed by atoms with Gasteiger partial charge in [0.2, 0.25) is 5.95 Å². The van der Waals surface area contributed by atoms with Crippen molar-refractivity contribution in [1.29, 1.82) is 0 Å². The Balaban J connectivity index is 1.49. The first kappa shape index (κ1) is 16.6. The molecule has 0 spiro atoms. The number of aromatic nitrogens is 5. The topological polar surface area (TPSA) is 77.2 Å².